The molecule has 1 aromatic rings. The van der Waals surface area contributed by atoms with Crippen molar-refractivity contribution >= 4 is 31.9 Å². The normalized spacial score (nSPS) is 12.4. The molecule has 0 bridgehead atoms. The first-order valence-corrected chi connectivity index (χ1v) is 8.67. The zero-order chi connectivity index (χ0) is 16.3. The number of benzene rings is 1. The summed E-state index contributed by atoms with van der Waals surface area (Å²) in [7, 11) is -3.84. The third-order valence-electron chi connectivity index (χ3n) is 3.38. The molecule has 6 nitrogen and oxygen atoms in total. The number of sulfonamides is 1. The lowest BCUT2D eigenvalue weighted by molar-refractivity contribution is 0.0377. The van der Waals surface area contributed by atoms with E-state index in [1.54, 1.807) is 13.8 Å². The fourth-order valence-electron chi connectivity index (χ4n) is 1.66. The Kier molecular flexibility index (Phi) is 5.92. The van der Waals surface area contributed by atoms with Crippen LogP contribution in [0.3, 0.4) is 0 Å². The highest BCUT2D eigenvalue weighted by Crippen LogP contribution is 2.24. The first-order chi connectivity index (χ1) is 9.65. The van der Waals surface area contributed by atoms with E-state index in [-0.39, 0.29) is 21.5 Å². The van der Waals surface area contributed by atoms with Gasteiger partial charge in [-0.3, -0.25) is 0 Å². The van der Waals surface area contributed by atoms with Crippen LogP contribution in [0.4, 0.5) is 0 Å². The average molecular weight is 380 g/mol. The highest BCUT2D eigenvalue weighted by atomic mass is 79.9. The molecule has 0 unspecified atom stereocenters. The summed E-state index contributed by atoms with van der Waals surface area (Å²) in [4.78, 5) is 10.8. The molecular formula is C13H18BrNO5S. The number of carbonyl (C=O) groups is 1. The van der Waals surface area contributed by atoms with E-state index in [0.717, 1.165) is 0 Å². The maximum absolute atomic E-state index is 12.2. The van der Waals surface area contributed by atoms with Gasteiger partial charge in [-0.25, -0.2) is 17.9 Å². The van der Waals surface area contributed by atoms with E-state index in [1.807, 2.05) is 0 Å². The van der Waals surface area contributed by atoms with Gasteiger partial charge in [0.1, 0.15) is 0 Å². The number of carboxylic acids is 1. The Bertz CT molecular complexity index is 625. The highest BCUT2D eigenvalue weighted by molar-refractivity contribution is 9.10. The minimum absolute atomic E-state index is 0.0144. The molecule has 21 heavy (non-hydrogen) atoms. The summed E-state index contributed by atoms with van der Waals surface area (Å²) in [5.41, 5.74) is -1.11. The zero-order valence-electron chi connectivity index (χ0n) is 11.8. The van der Waals surface area contributed by atoms with Crippen LogP contribution in [0.5, 0.6) is 0 Å². The Morgan fingerprint density at radius 3 is 2.33 bits per heavy atom. The van der Waals surface area contributed by atoms with Gasteiger partial charge in [-0.2, -0.15) is 0 Å². The molecule has 8 heteroatoms. The van der Waals surface area contributed by atoms with Crippen LogP contribution in [0.2, 0.25) is 0 Å². The summed E-state index contributed by atoms with van der Waals surface area (Å²) in [5, 5.41) is 19.0. The van der Waals surface area contributed by atoms with Gasteiger partial charge in [-0.1, -0.05) is 13.8 Å². The Morgan fingerprint density at radius 2 is 1.90 bits per heavy atom. The van der Waals surface area contributed by atoms with Crippen molar-refractivity contribution < 1.29 is 23.4 Å². The third-order valence-corrected chi connectivity index (χ3v) is 5.75. The summed E-state index contributed by atoms with van der Waals surface area (Å²) in [6, 6.07) is 3.66. The maximum Gasteiger partial charge on any atom is 0.335 e. The number of aromatic carboxylic acids is 1. The van der Waals surface area contributed by atoms with Crippen LogP contribution in [0.15, 0.2) is 27.6 Å². The minimum atomic E-state index is -3.84. The lowest BCUT2D eigenvalue weighted by Gasteiger charge is -2.25. The minimum Gasteiger partial charge on any atom is -0.478 e. The van der Waals surface area contributed by atoms with Crippen molar-refractivity contribution in [3.05, 3.63) is 28.2 Å². The van der Waals surface area contributed by atoms with Crippen molar-refractivity contribution in [1.29, 1.82) is 0 Å². The lowest BCUT2D eigenvalue weighted by Crippen LogP contribution is -2.42. The molecule has 118 valence electrons. The van der Waals surface area contributed by atoms with Crippen LogP contribution in [0, 0.1) is 0 Å². The molecule has 3 N–H and O–H groups in total. The number of halogens is 1. The second-order valence-electron chi connectivity index (χ2n) is 4.71. The molecule has 0 spiro atoms. The third kappa shape index (κ3) is 4.50. The van der Waals surface area contributed by atoms with Gasteiger partial charge in [0, 0.05) is 11.0 Å². The quantitative estimate of drug-likeness (QED) is 0.671. The number of nitrogens with one attached hydrogen (secondary N) is 1. The predicted octanol–water partition coefficient (Wildman–Crippen LogP) is 1.98. The monoisotopic (exact) mass is 379 g/mol. The molecule has 1 aromatic carbocycles. The number of hydrogen-bond donors (Lipinski definition) is 3. The fraction of sp³-hybridized carbons (Fsp3) is 0.462. The second kappa shape index (κ2) is 6.87. The molecule has 0 aromatic heterocycles. The number of rotatable bonds is 7. The molecule has 0 fully saturated rings. The Hall–Kier alpha value is -0.960. The van der Waals surface area contributed by atoms with Crippen LogP contribution in [-0.4, -0.2) is 36.7 Å². The van der Waals surface area contributed by atoms with Gasteiger partial charge in [0.15, 0.2) is 0 Å². The highest BCUT2D eigenvalue weighted by Gasteiger charge is 2.26. The Morgan fingerprint density at radius 1 is 1.33 bits per heavy atom. The van der Waals surface area contributed by atoms with Gasteiger partial charge < -0.3 is 10.2 Å². The van der Waals surface area contributed by atoms with Gasteiger partial charge in [0.2, 0.25) is 10.0 Å². The standard InChI is InChI=1S/C13H18BrNO5S/c1-3-13(18,4-2)8-15-21(19,20)11-6-5-9(12(16)17)7-10(11)14/h5-7,15,18H,3-4,8H2,1-2H3,(H,16,17). The van der Waals surface area contributed by atoms with E-state index in [9.17, 15) is 18.3 Å². The molecule has 0 atom stereocenters. The van der Waals surface area contributed by atoms with Crippen LogP contribution in [0.25, 0.3) is 0 Å². The Balaban J connectivity index is 3.01. The van der Waals surface area contributed by atoms with E-state index in [1.165, 1.54) is 18.2 Å². The predicted molar refractivity (Wildman–Crippen MR) is 81.8 cm³/mol. The maximum atomic E-state index is 12.2. The van der Waals surface area contributed by atoms with E-state index in [0.29, 0.717) is 12.8 Å². The van der Waals surface area contributed by atoms with Crippen LogP contribution in [0.1, 0.15) is 37.0 Å². The van der Waals surface area contributed by atoms with Gasteiger partial charge in [-0.15, -0.1) is 0 Å². The number of carboxylic acid groups (broad SMARTS) is 1. The zero-order valence-corrected chi connectivity index (χ0v) is 14.2. The van der Waals surface area contributed by atoms with E-state index in [4.69, 9.17) is 5.11 Å². The smallest absolute Gasteiger partial charge is 0.335 e. The molecule has 0 saturated carbocycles. The van der Waals surface area contributed by atoms with Gasteiger partial charge in [-0.05, 0) is 47.0 Å². The van der Waals surface area contributed by atoms with Crippen molar-refractivity contribution in [2.24, 2.45) is 0 Å². The SMILES string of the molecule is CCC(O)(CC)CNS(=O)(=O)c1ccc(C(=O)O)cc1Br. The first kappa shape index (κ1) is 18.1. The molecule has 0 saturated heterocycles. The fourth-order valence-corrected chi connectivity index (χ4v) is 3.85. The van der Waals surface area contributed by atoms with E-state index in [2.05, 4.69) is 20.7 Å². The Labute approximate surface area is 132 Å². The summed E-state index contributed by atoms with van der Waals surface area (Å²) in [6.45, 7) is 3.44. The van der Waals surface area contributed by atoms with Crippen LogP contribution in [-0.2, 0) is 10.0 Å². The second-order valence-corrected chi connectivity index (χ2v) is 7.30. The van der Waals surface area contributed by atoms with Crippen molar-refractivity contribution in [2.45, 2.75) is 37.2 Å². The number of aliphatic hydroxyl groups is 1. The van der Waals surface area contributed by atoms with Gasteiger partial charge >= 0.3 is 5.97 Å². The molecule has 1 rings (SSSR count). The molecule has 0 heterocycles. The van der Waals surface area contributed by atoms with E-state index >= 15 is 0 Å². The summed E-state index contributed by atoms with van der Waals surface area (Å²) < 4.78 is 26.9. The van der Waals surface area contributed by atoms with Crippen molar-refractivity contribution in [1.82, 2.24) is 4.72 Å². The molecule has 0 aliphatic heterocycles. The first-order valence-electron chi connectivity index (χ1n) is 6.40. The van der Waals surface area contributed by atoms with Gasteiger partial charge in [0.05, 0.1) is 16.1 Å². The van der Waals surface area contributed by atoms with Crippen LogP contribution >= 0.6 is 15.9 Å². The van der Waals surface area contributed by atoms with E-state index < -0.39 is 21.6 Å². The van der Waals surface area contributed by atoms with Gasteiger partial charge in [0.25, 0.3) is 0 Å². The van der Waals surface area contributed by atoms with Crippen molar-refractivity contribution in [3.63, 3.8) is 0 Å². The van der Waals surface area contributed by atoms with Crippen LogP contribution < -0.4 is 4.72 Å². The largest absolute Gasteiger partial charge is 0.478 e. The summed E-state index contributed by atoms with van der Waals surface area (Å²) in [6.07, 6.45) is 0.844. The lowest BCUT2D eigenvalue weighted by atomic mass is 9.98. The van der Waals surface area contributed by atoms with Crippen molar-refractivity contribution in [2.75, 3.05) is 6.54 Å². The topological polar surface area (TPSA) is 104 Å². The molecular weight excluding hydrogens is 362 g/mol. The molecule has 0 radical (unpaired) electrons. The summed E-state index contributed by atoms with van der Waals surface area (Å²) in [5.74, 6) is -1.14. The molecule has 0 aliphatic rings. The molecule has 0 aliphatic carbocycles. The summed E-state index contributed by atoms with van der Waals surface area (Å²) >= 11 is 3.06. The molecule has 0 amide bonds. The average Bonchev–Trinajstić information content (AvgIpc) is 2.44. The van der Waals surface area contributed by atoms with Crippen molar-refractivity contribution in [3.8, 4) is 0 Å². The number of hydrogen-bond acceptors (Lipinski definition) is 4.